The molecule has 26 heavy (non-hydrogen) atoms. The Kier molecular flexibility index (Phi) is 4.46. The van der Waals surface area contributed by atoms with E-state index in [0.29, 0.717) is 23.7 Å². The van der Waals surface area contributed by atoms with Crippen molar-refractivity contribution in [3.8, 4) is 11.5 Å². The van der Waals surface area contributed by atoms with E-state index in [0.717, 1.165) is 22.3 Å². The topological polar surface area (TPSA) is 67.5 Å². The lowest BCUT2D eigenvalue weighted by Crippen LogP contribution is -2.22. The van der Waals surface area contributed by atoms with Gasteiger partial charge in [0.1, 0.15) is 0 Å². The van der Waals surface area contributed by atoms with Crippen molar-refractivity contribution in [3.63, 3.8) is 0 Å². The number of carbonyl (C=O) groups excluding carboxylic acids is 1. The maximum Gasteiger partial charge on any atom is 0.184 e. The van der Waals surface area contributed by atoms with Gasteiger partial charge in [-0.15, -0.1) is 0 Å². The summed E-state index contributed by atoms with van der Waals surface area (Å²) in [6.07, 6.45) is 3.57. The van der Waals surface area contributed by atoms with E-state index in [1.807, 2.05) is 36.5 Å². The van der Waals surface area contributed by atoms with Gasteiger partial charge in [-0.2, -0.15) is 0 Å². The molecule has 1 N–H and O–H groups in total. The maximum absolute atomic E-state index is 13.0. The number of aromatic amines is 1. The molecule has 6 nitrogen and oxygen atoms in total. The van der Waals surface area contributed by atoms with Crippen LogP contribution in [-0.2, 0) is 0 Å². The van der Waals surface area contributed by atoms with Crippen molar-refractivity contribution < 1.29 is 14.3 Å². The molecule has 7 heteroatoms. The van der Waals surface area contributed by atoms with Crippen LogP contribution in [0.2, 0.25) is 0 Å². The number of benzene rings is 1. The predicted octanol–water partition coefficient (Wildman–Crippen LogP) is 3.55. The number of pyridine rings is 1. The van der Waals surface area contributed by atoms with E-state index in [9.17, 15) is 4.79 Å². The minimum atomic E-state index is -0.0583. The van der Waals surface area contributed by atoms with E-state index < -0.39 is 0 Å². The molecule has 3 aromatic rings. The molecule has 1 atom stereocenters. The number of hydrogen-bond donors (Lipinski definition) is 1. The quantitative estimate of drug-likeness (QED) is 0.548. The van der Waals surface area contributed by atoms with Crippen molar-refractivity contribution in [2.24, 2.45) is 5.92 Å². The van der Waals surface area contributed by atoms with Crippen LogP contribution in [0.3, 0.4) is 0 Å². The smallest absolute Gasteiger partial charge is 0.184 e. The molecule has 134 valence electrons. The van der Waals surface area contributed by atoms with Crippen molar-refractivity contribution in [3.05, 3.63) is 48.4 Å². The zero-order valence-electron chi connectivity index (χ0n) is 14.6. The number of hydrogen-bond acceptors (Lipinski definition) is 6. The fourth-order valence-corrected chi connectivity index (χ4v) is 4.30. The third-order valence-corrected chi connectivity index (χ3v) is 5.74. The monoisotopic (exact) mass is 369 g/mol. The fourth-order valence-electron chi connectivity index (χ4n) is 3.14. The van der Waals surface area contributed by atoms with Gasteiger partial charge >= 0.3 is 0 Å². The molecule has 0 bridgehead atoms. The average molecular weight is 369 g/mol. The molecule has 0 aliphatic carbocycles. The highest BCUT2D eigenvalue weighted by Crippen LogP contribution is 2.35. The lowest BCUT2D eigenvalue weighted by Gasteiger charge is -2.15. The molecular formula is C19H19N3O3S. The number of Topliss-reactive ketones (excluding diaryl/α,β-unsaturated/α-hetero) is 1. The summed E-state index contributed by atoms with van der Waals surface area (Å²) in [5, 5.41) is 0.931. The van der Waals surface area contributed by atoms with E-state index in [-0.39, 0.29) is 11.7 Å². The second-order valence-corrected chi connectivity index (χ2v) is 7.14. The fraction of sp³-hybridized carbons (Fsp3) is 0.263. The maximum atomic E-state index is 13.0. The molecule has 1 aliphatic heterocycles. The molecular weight excluding hydrogens is 350 g/mol. The Labute approximate surface area is 155 Å². The molecule has 0 saturated carbocycles. The van der Waals surface area contributed by atoms with Gasteiger partial charge in [-0.25, -0.2) is 0 Å². The van der Waals surface area contributed by atoms with Crippen molar-refractivity contribution >= 4 is 34.3 Å². The van der Waals surface area contributed by atoms with Gasteiger partial charge in [-0.05, 0) is 36.2 Å². The van der Waals surface area contributed by atoms with Crippen LogP contribution in [0.25, 0.3) is 10.9 Å². The summed E-state index contributed by atoms with van der Waals surface area (Å²) in [4.78, 5) is 20.3. The van der Waals surface area contributed by atoms with Gasteiger partial charge in [-0.3, -0.25) is 9.78 Å². The van der Waals surface area contributed by atoms with Crippen molar-refractivity contribution in [2.75, 3.05) is 30.8 Å². The zero-order valence-corrected chi connectivity index (χ0v) is 15.4. The summed E-state index contributed by atoms with van der Waals surface area (Å²) in [7, 11) is 3.20. The van der Waals surface area contributed by atoms with Crippen LogP contribution in [0, 0.1) is 5.92 Å². The molecule has 2 aromatic heterocycles. The van der Waals surface area contributed by atoms with Crippen LogP contribution < -0.4 is 13.8 Å². The SMILES string of the molecule is COc1cc2cc(C(=O)C3CSN(c4cccnc4)C3)[nH]c2cc1OC. The second kappa shape index (κ2) is 6.92. The van der Waals surface area contributed by atoms with E-state index in [1.165, 1.54) is 0 Å². The number of nitrogens with one attached hydrogen (secondary N) is 1. The molecule has 1 aromatic carbocycles. The number of nitrogens with zero attached hydrogens (tertiary/aromatic N) is 2. The molecule has 4 rings (SSSR count). The summed E-state index contributed by atoms with van der Waals surface area (Å²) in [6.45, 7) is 0.678. The Morgan fingerprint density at radius 2 is 2.08 bits per heavy atom. The first-order valence-corrected chi connectivity index (χ1v) is 9.23. The highest BCUT2D eigenvalue weighted by molar-refractivity contribution is 8.00. The average Bonchev–Trinajstić information content (AvgIpc) is 3.33. The molecule has 1 aliphatic rings. The summed E-state index contributed by atoms with van der Waals surface area (Å²) in [5.74, 6) is 2.11. The third-order valence-electron chi connectivity index (χ3n) is 4.51. The number of fused-ring (bicyclic) bond motifs is 1. The summed E-state index contributed by atoms with van der Waals surface area (Å²) in [5.41, 5.74) is 2.51. The summed E-state index contributed by atoms with van der Waals surface area (Å²) in [6, 6.07) is 9.54. The van der Waals surface area contributed by atoms with Gasteiger partial charge in [0.05, 0.1) is 37.7 Å². The molecule has 1 fully saturated rings. The summed E-state index contributed by atoms with van der Waals surface area (Å²) >= 11 is 1.66. The van der Waals surface area contributed by atoms with Crippen LogP contribution in [0.5, 0.6) is 11.5 Å². The number of methoxy groups -OCH3 is 2. The van der Waals surface area contributed by atoms with Crippen LogP contribution in [0.4, 0.5) is 5.69 Å². The van der Waals surface area contributed by atoms with Crippen LogP contribution in [0.15, 0.2) is 42.7 Å². The zero-order chi connectivity index (χ0) is 18.1. The Morgan fingerprint density at radius 3 is 2.81 bits per heavy atom. The molecule has 0 spiro atoms. The van der Waals surface area contributed by atoms with Gasteiger partial charge in [0, 0.05) is 35.5 Å². The standard InChI is InChI=1S/C19H19N3O3S/c1-24-17-7-12-6-16(21-15(12)8-18(17)25-2)19(23)13-10-22(26-11-13)14-4-3-5-20-9-14/h3-9,13,21H,10-11H2,1-2H3. The van der Waals surface area contributed by atoms with E-state index in [2.05, 4.69) is 14.3 Å². The predicted molar refractivity (Wildman–Crippen MR) is 103 cm³/mol. The van der Waals surface area contributed by atoms with E-state index >= 15 is 0 Å². The molecule has 0 radical (unpaired) electrons. The minimum Gasteiger partial charge on any atom is -0.493 e. The van der Waals surface area contributed by atoms with Crippen molar-refractivity contribution in [2.45, 2.75) is 0 Å². The number of rotatable bonds is 5. The molecule has 1 saturated heterocycles. The van der Waals surface area contributed by atoms with Crippen LogP contribution in [0.1, 0.15) is 10.5 Å². The number of aromatic nitrogens is 2. The van der Waals surface area contributed by atoms with Crippen molar-refractivity contribution in [1.82, 2.24) is 9.97 Å². The largest absolute Gasteiger partial charge is 0.493 e. The van der Waals surface area contributed by atoms with E-state index in [4.69, 9.17) is 9.47 Å². The number of ketones is 1. The number of H-pyrrole nitrogens is 1. The highest BCUT2D eigenvalue weighted by Gasteiger charge is 2.31. The minimum absolute atomic E-state index is 0.0583. The lowest BCUT2D eigenvalue weighted by atomic mass is 10.0. The van der Waals surface area contributed by atoms with Crippen molar-refractivity contribution in [1.29, 1.82) is 0 Å². The first-order chi connectivity index (χ1) is 12.7. The van der Waals surface area contributed by atoms with E-state index in [1.54, 1.807) is 32.4 Å². The normalized spacial score (nSPS) is 16.8. The Morgan fingerprint density at radius 1 is 1.27 bits per heavy atom. The molecule has 3 heterocycles. The molecule has 1 unspecified atom stereocenters. The summed E-state index contributed by atoms with van der Waals surface area (Å²) < 4.78 is 12.8. The Bertz CT molecular complexity index is 901. The lowest BCUT2D eigenvalue weighted by molar-refractivity contribution is 0.0936. The molecule has 0 amide bonds. The Balaban J connectivity index is 1.57. The highest BCUT2D eigenvalue weighted by atomic mass is 32.2. The number of carbonyl (C=O) groups is 1. The first-order valence-electron chi connectivity index (χ1n) is 8.29. The van der Waals surface area contributed by atoms with Gasteiger partial charge in [0.2, 0.25) is 0 Å². The van der Waals surface area contributed by atoms with Gasteiger partial charge in [0.15, 0.2) is 17.3 Å². The van der Waals surface area contributed by atoms with Gasteiger partial charge < -0.3 is 18.8 Å². The van der Waals surface area contributed by atoms with Gasteiger partial charge in [-0.1, -0.05) is 0 Å². The third kappa shape index (κ3) is 2.99. The van der Waals surface area contributed by atoms with Crippen LogP contribution >= 0.6 is 11.9 Å². The first kappa shape index (κ1) is 16.8. The second-order valence-electron chi connectivity index (χ2n) is 6.11. The number of ether oxygens (including phenoxy) is 2. The Hall–Kier alpha value is -2.67. The van der Waals surface area contributed by atoms with Crippen LogP contribution in [-0.4, -0.2) is 42.3 Å². The number of anilines is 1. The van der Waals surface area contributed by atoms with Gasteiger partial charge in [0.25, 0.3) is 0 Å².